The molecule has 1 saturated heterocycles. The Balaban J connectivity index is 2.23. The summed E-state index contributed by atoms with van der Waals surface area (Å²) in [6.45, 7) is 0.670. The van der Waals surface area contributed by atoms with Crippen molar-refractivity contribution in [3.05, 3.63) is 47.8 Å². The number of anilines is 1. The second kappa shape index (κ2) is 6.05. The van der Waals surface area contributed by atoms with Gasteiger partial charge in [0.25, 0.3) is 10.1 Å². The standard InChI is InChI=1S/C15H11F3N2O4S/c16-11-5-8(6-12(17)14(11)18)10-7-9(20-4-3-19-15(20)21)1-2-13(10)25(22,23)24/h1-2,5-7H,3-4H2,(H,19,21)(H,22,23,24). The molecule has 1 aliphatic rings. The number of rotatable bonds is 3. The Bertz CT molecular complexity index is 956. The second-order valence-corrected chi connectivity index (χ2v) is 6.68. The number of halogens is 3. The van der Waals surface area contributed by atoms with Gasteiger partial charge in [0, 0.05) is 24.3 Å². The lowest BCUT2D eigenvalue weighted by atomic mass is 10.0. The van der Waals surface area contributed by atoms with E-state index in [1.54, 1.807) is 0 Å². The number of hydrogen-bond donors (Lipinski definition) is 2. The van der Waals surface area contributed by atoms with Crippen molar-refractivity contribution in [3.63, 3.8) is 0 Å². The third-order valence-electron chi connectivity index (χ3n) is 3.70. The summed E-state index contributed by atoms with van der Waals surface area (Å²) in [6, 6.07) is 4.24. The Kier molecular flexibility index (Phi) is 4.17. The summed E-state index contributed by atoms with van der Waals surface area (Å²) in [5.74, 6) is -4.73. The average molecular weight is 372 g/mol. The number of amides is 2. The number of carbonyl (C=O) groups excluding carboxylic acids is 1. The molecule has 0 spiro atoms. The van der Waals surface area contributed by atoms with Crippen molar-refractivity contribution < 1.29 is 30.9 Å². The molecule has 0 radical (unpaired) electrons. The number of carbonyl (C=O) groups is 1. The van der Waals surface area contributed by atoms with Gasteiger partial charge < -0.3 is 5.32 Å². The van der Waals surface area contributed by atoms with Crippen LogP contribution in [0.1, 0.15) is 0 Å². The Morgan fingerprint density at radius 2 is 1.72 bits per heavy atom. The van der Waals surface area contributed by atoms with Crippen LogP contribution in [0.3, 0.4) is 0 Å². The Morgan fingerprint density at radius 1 is 1.08 bits per heavy atom. The van der Waals surface area contributed by atoms with Crippen molar-refractivity contribution in [2.75, 3.05) is 18.0 Å². The SMILES string of the molecule is O=C1NCCN1c1ccc(S(=O)(=O)O)c(-c2cc(F)c(F)c(F)c2)c1. The number of nitrogens with one attached hydrogen (secondary N) is 1. The van der Waals surface area contributed by atoms with Crippen LogP contribution in [0, 0.1) is 17.5 Å². The average Bonchev–Trinajstić information content (AvgIpc) is 2.96. The van der Waals surface area contributed by atoms with Crippen molar-refractivity contribution >= 4 is 21.8 Å². The predicted molar refractivity (Wildman–Crippen MR) is 82.3 cm³/mol. The lowest BCUT2D eigenvalue weighted by molar-refractivity contribution is 0.252. The first-order valence-electron chi connectivity index (χ1n) is 7.00. The van der Waals surface area contributed by atoms with Crippen LogP contribution in [0.25, 0.3) is 11.1 Å². The molecule has 2 amide bonds. The van der Waals surface area contributed by atoms with Gasteiger partial charge in [0.15, 0.2) is 17.5 Å². The van der Waals surface area contributed by atoms with Crippen LogP contribution >= 0.6 is 0 Å². The van der Waals surface area contributed by atoms with Gasteiger partial charge in [-0.05, 0) is 35.9 Å². The normalized spacial score (nSPS) is 14.7. The van der Waals surface area contributed by atoms with Crippen molar-refractivity contribution in [2.24, 2.45) is 0 Å². The molecule has 2 aromatic rings. The zero-order valence-corrected chi connectivity index (χ0v) is 13.3. The maximum atomic E-state index is 13.5. The van der Waals surface area contributed by atoms with Gasteiger partial charge in [-0.1, -0.05) is 0 Å². The fourth-order valence-corrected chi connectivity index (χ4v) is 3.26. The Labute approximate surface area is 140 Å². The molecule has 6 nitrogen and oxygen atoms in total. The number of hydrogen-bond acceptors (Lipinski definition) is 3. The van der Waals surface area contributed by atoms with Gasteiger partial charge in [0.05, 0.1) is 0 Å². The van der Waals surface area contributed by atoms with E-state index >= 15 is 0 Å². The highest BCUT2D eigenvalue weighted by Crippen LogP contribution is 2.33. The van der Waals surface area contributed by atoms with Gasteiger partial charge >= 0.3 is 6.03 Å². The summed E-state index contributed by atoms with van der Waals surface area (Å²) < 4.78 is 72.7. The third kappa shape index (κ3) is 3.17. The van der Waals surface area contributed by atoms with E-state index in [4.69, 9.17) is 0 Å². The molecule has 0 bridgehead atoms. The van der Waals surface area contributed by atoms with Crippen LogP contribution in [0.2, 0.25) is 0 Å². The van der Waals surface area contributed by atoms with E-state index < -0.39 is 38.5 Å². The van der Waals surface area contributed by atoms with Crippen molar-refractivity contribution in [1.29, 1.82) is 0 Å². The first kappa shape index (κ1) is 17.2. The molecular weight excluding hydrogens is 361 g/mol. The van der Waals surface area contributed by atoms with Gasteiger partial charge in [-0.15, -0.1) is 0 Å². The lowest BCUT2D eigenvalue weighted by Crippen LogP contribution is -2.27. The summed E-state index contributed by atoms with van der Waals surface area (Å²) in [7, 11) is -4.73. The molecule has 2 N–H and O–H groups in total. The molecular formula is C15H11F3N2O4S. The fraction of sp³-hybridized carbons (Fsp3) is 0.133. The second-order valence-electron chi connectivity index (χ2n) is 5.29. The zero-order chi connectivity index (χ0) is 18.4. The minimum atomic E-state index is -4.73. The largest absolute Gasteiger partial charge is 0.336 e. The van der Waals surface area contributed by atoms with Crippen molar-refractivity contribution in [3.8, 4) is 11.1 Å². The maximum absolute atomic E-state index is 13.5. The molecule has 0 saturated carbocycles. The summed E-state index contributed by atoms with van der Waals surface area (Å²) in [6.07, 6.45) is 0. The van der Waals surface area contributed by atoms with E-state index in [1.807, 2.05) is 0 Å². The molecule has 2 aromatic carbocycles. The quantitative estimate of drug-likeness (QED) is 0.640. The van der Waals surface area contributed by atoms with E-state index in [0.717, 1.165) is 6.07 Å². The fourth-order valence-electron chi connectivity index (χ4n) is 2.57. The molecule has 3 rings (SSSR count). The molecule has 10 heteroatoms. The maximum Gasteiger partial charge on any atom is 0.321 e. The summed E-state index contributed by atoms with van der Waals surface area (Å²) in [5, 5.41) is 2.55. The van der Waals surface area contributed by atoms with Crippen LogP contribution < -0.4 is 10.2 Å². The summed E-state index contributed by atoms with van der Waals surface area (Å²) in [5.41, 5.74) is -0.314. The van der Waals surface area contributed by atoms with E-state index in [0.29, 0.717) is 25.2 Å². The summed E-state index contributed by atoms with van der Waals surface area (Å²) >= 11 is 0. The van der Waals surface area contributed by atoms with Gasteiger partial charge in [0.2, 0.25) is 0 Å². The van der Waals surface area contributed by atoms with Crippen LogP contribution in [0.5, 0.6) is 0 Å². The molecule has 1 heterocycles. The highest BCUT2D eigenvalue weighted by molar-refractivity contribution is 7.86. The van der Waals surface area contributed by atoms with Crippen LogP contribution in [0.15, 0.2) is 35.2 Å². The molecule has 0 aliphatic carbocycles. The minimum Gasteiger partial charge on any atom is -0.336 e. The molecule has 0 aromatic heterocycles. The van der Waals surface area contributed by atoms with E-state index in [9.17, 15) is 30.9 Å². The number of nitrogens with zero attached hydrogens (tertiary/aromatic N) is 1. The van der Waals surface area contributed by atoms with E-state index in [1.165, 1.54) is 17.0 Å². The molecule has 0 atom stereocenters. The Hall–Kier alpha value is -2.59. The summed E-state index contributed by atoms with van der Waals surface area (Å²) in [4.78, 5) is 12.4. The van der Waals surface area contributed by atoms with Crippen molar-refractivity contribution in [1.82, 2.24) is 5.32 Å². The number of benzene rings is 2. The van der Waals surface area contributed by atoms with E-state index in [2.05, 4.69) is 5.32 Å². The highest BCUT2D eigenvalue weighted by atomic mass is 32.2. The van der Waals surface area contributed by atoms with Crippen LogP contribution in [0.4, 0.5) is 23.7 Å². The Morgan fingerprint density at radius 3 is 2.24 bits per heavy atom. The topological polar surface area (TPSA) is 86.7 Å². The van der Waals surface area contributed by atoms with E-state index in [-0.39, 0.29) is 16.8 Å². The highest BCUT2D eigenvalue weighted by Gasteiger charge is 2.25. The first-order chi connectivity index (χ1) is 11.7. The van der Waals surface area contributed by atoms with Crippen LogP contribution in [-0.4, -0.2) is 32.1 Å². The van der Waals surface area contributed by atoms with Gasteiger partial charge in [-0.25, -0.2) is 18.0 Å². The molecule has 1 aliphatic heterocycles. The first-order valence-corrected chi connectivity index (χ1v) is 8.44. The van der Waals surface area contributed by atoms with Crippen molar-refractivity contribution in [2.45, 2.75) is 4.90 Å². The number of urea groups is 1. The molecule has 25 heavy (non-hydrogen) atoms. The smallest absolute Gasteiger partial charge is 0.321 e. The monoisotopic (exact) mass is 372 g/mol. The molecule has 1 fully saturated rings. The van der Waals surface area contributed by atoms with Gasteiger partial charge in [-0.3, -0.25) is 9.45 Å². The molecule has 132 valence electrons. The predicted octanol–water partition coefficient (Wildman–Crippen LogP) is 2.55. The zero-order valence-electron chi connectivity index (χ0n) is 12.5. The minimum absolute atomic E-state index is 0.252. The van der Waals surface area contributed by atoms with Gasteiger partial charge in [0.1, 0.15) is 4.90 Å². The van der Waals surface area contributed by atoms with Gasteiger partial charge in [-0.2, -0.15) is 8.42 Å². The third-order valence-corrected chi connectivity index (χ3v) is 4.62. The van der Waals surface area contributed by atoms with Crippen LogP contribution in [-0.2, 0) is 10.1 Å². The lowest BCUT2D eigenvalue weighted by Gasteiger charge is -2.17. The molecule has 0 unspecified atom stereocenters.